The maximum Gasteiger partial charge on any atom is 0.407 e. The molecule has 0 unspecified atom stereocenters. The average Bonchev–Trinajstić information content (AvgIpc) is 2.48. The van der Waals surface area contributed by atoms with E-state index in [4.69, 9.17) is 14.6 Å². The summed E-state index contributed by atoms with van der Waals surface area (Å²) in [6.45, 7) is 12.1. The molecular weight excluding hydrogens is 314 g/mol. The van der Waals surface area contributed by atoms with Gasteiger partial charge in [-0.15, -0.1) is 0 Å². The number of aliphatic carboxylic acids is 1. The molecule has 1 aliphatic heterocycles. The molecule has 8 heteroatoms. The van der Waals surface area contributed by atoms with Crippen LogP contribution in [0.15, 0.2) is 0 Å². The van der Waals surface area contributed by atoms with Gasteiger partial charge in [0.05, 0.1) is 19.6 Å². The molecule has 0 atom stereocenters. The van der Waals surface area contributed by atoms with E-state index < -0.39 is 17.7 Å². The molecule has 0 spiro atoms. The van der Waals surface area contributed by atoms with Crippen LogP contribution in [0.5, 0.6) is 0 Å². The third-order valence-electron chi connectivity index (χ3n) is 3.57. The highest BCUT2D eigenvalue weighted by molar-refractivity contribution is 5.67. The normalized spacial score (nSPS) is 16.8. The fraction of sp³-hybridized carbons (Fsp3) is 0.875. The predicted molar refractivity (Wildman–Crippen MR) is 90.2 cm³/mol. The van der Waals surface area contributed by atoms with Gasteiger partial charge in [-0.3, -0.25) is 9.69 Å². The Hall–Kier alpha value is -1.38. The highest BCUT2D eigenvalue weighted by atomic mass is 16.6. The zero-order valence-electron chi connectivity index (χ0n) is 15.0. The van der Waals surface area contributed by atoms with E-state index in [-0.39, 0.29) is 6.42 Å². The summed E-state index contributed by atoms with van der Waals surface area (Å²) < 4.78 is 10.6. The molecule has 0 bridgehead atoms. The van der Waals surface area contributed by atoms with Crippen molar-refractivity contribution in [2.24, 2.45) is 0 Å². The molecule has 8 nitrogen and oxygen atoms in total. The summed E-state index contributed by atoms with van der Waals surface area (Å²) in [7, 11) is 0. The first-order valence-electron chi connectivity index (χ1n) is 8.47. The molecule has 2 N–H and O–H groups in total. The molecule has 0 aromatic heterocycles. The lowest BCUT2D eigenvalue weighted by molar-refractivity contribution is -0.137. The molecule has 140 valence electrons. The van der Waals surface area contributed by atoms with Gasteiger partial charge in [0.15, 0.2) is 0 Å². The van der Waals surface area contributed by atoms with Gasteiger partial charge < -0.3 is 24.8 Å². The van der Waals surface area contributed by atoms with Crippen molar-refractivity contribution < 1.29 is 24.2 Å². The Balaban J connectivity index is 1.97. The van der Waals surface area contributed by atoms with E-state index in [1.54, 1.807) is 0 Å². The monoisotopic (exact) mass is 345 g/mol. The molecule has 1 saturated heterocycles. The highest BCUT2D eigenvalue weighted by Gasteiger charge is 2.17. The van der Waals surface area contributed by atoms with Crippen LogP contribution < -0.4 is 5.32 Å². The van der Waals surface area contributed by atoms with Crippen molar-refractivity contribution in [1.29, 1.82) is 0 Å². The second-order valence-electron chi connectivity index (χ2n) is 6.87. The smallest absolute Gasteiger partial charge is 0.407 e. The molecule has 0 aliphatic carbocycles. The number of carboxylic acids is 1. The van der Waals surface area contributed by atoms with Gasteiger partial charge in [-0.2, -0.15) is 0 Å². The lowest BCUT2D eigenvalue weighted by Gasteiger charge is -2.34. The number of rotatable bonds is 9. The van der Waals surface area contributed by atoms with Crippen molar-refractivity contribution >= 4 is 12.1 Å². The van der Waals surface area contributed by atoms with Gasteiger partial charge in [0.25, 0.3) is 0 Å². The van der Waals surface area contributed by atoms with Crippen LogP contribution in [0.1, 0.15) is 27.2 Å². The zero-order valence-corrected chi connectivity index (χ0v) is 15.0. The Bertz CT molecular complexity index is 390. The summed E-state index contributed by atoms with van der Waals surface area (Å²) in [6, 6.07) is 0. The maximum atomic E-state index is 11.4. The molecule has 1 fully saturated rings. The summed E-state index contributed by atoms with van der Waals surface area (Å²) in [5.41, 5.74) is -0.489. The zero-order chi connectivity index (χ0) is 18.0. The molecule has 0 aromatic carbocycles. The maximum absolute atomic E-state index is 11.4. The highest BCUT2D eigenvalue weighted by Crippen LogP contribution is 2.06. The Morgan fingerprint density at radius 3 is 2.17 bits per heavy atom. The summed E-state index contributed by atoms with van der Waals surface area (Å²) in [5, 5.41) is 11.3. The SMILES string of the molecule is CC(C)(C)OC(=O)NCCOCCN1CCN(CCC(=O)O)CC1. The number of hydrogen-bond acceptors (Lipinski definition) is 6. The van der Waals surface area contributed by atoms with Crippen molar-refractivity contribution in [3.05, 3.63) is 0 Å². The molecule has 1 aliphatic rings. The number of carbonyl (C=O) groups is 2. The number of carboxylic acid groups (broad SMARTS) is 1. The Morgan fingerprint density at radius 1 is 1.04 bits per heavy atom. The van der Waals surface area contributed by atoms with Crippen LogP contribution >= 0.6 is 0 Å². The molecular formula is C16H31N3O5. The predicted octanol–water partition coefficient (Wildman–Crippen LogP) is 0.620. The Kier molecular flexibility index (Phi) is 9.02. The van der Waals surface area contributed by atoms with Crippen LogP contribution in [0.25, 0.3) is 0 Å². The van der Waals surface area contributed by atoms with Crippen LogP contribution in [0.4, 0.5) is 4.79 Å². The summed E-state index contributed by atoms with van der Waals surface area (Å²) in [6.07, 6.45) is -0.225. The van der Waals surface area contributed by atoms with E-state index >= 15 is 0 Å². The number of amides is 1. The van der Waals surface area contributed by atoms with Gasteiger partial charge in [-0.05, 0) is 20.8 Å². The van der Waals surface area contributed by atoms with E-state index in [2.05, 4.69) is 15.1 Å². The number of nitrogens with one attached hydrogen (secondary N) is 1. The first-order chi connectivity index (χ1) is 11.3. The van der Waals surface area contributed by atoms with Crippen molar-refractivity contribution in [3.8, 4) is 0 Å². The van der Waals surface area contributed by atoms with Crippen molar-refractivity contribution in [2.75, 3.05) is 59.0 Å². The van der Waals surface area contributed by atoms with E-state index in [0.29, 0.717) is 26.3 Å². The van der Waals surface area contributed by atoms with Crippen molar-refractivity contribution in [1.82, 2.24) is 15.1 Å². The summed E-state index contributed by atoms with van der Waals surface area (Å²) in [4.78, 5) is 26.5. The van der Waals surface area contributed by atoms with Gasteiger partial charge >= 0.3 is 12.1 Å². The molecule has 1 heterocycles. The van der Waals surface area contributed by atoms with E-state index in [0.717, 1.165) is 32.7 Å². The van der Waals surface area contributed by atoms with Gasteiger partial charge in [-0.1, -0.05) is 0 Å². The number of hydrogen-bond donors (Lipinski definition) is 2. The largest absolute Gasteiger partial charge is 0.481 e. The Labute approximate surface area is 144 Å². The first-order valence-corrected chi connectivity index (χ1v) is 8.47. The summed E-state index contributed by atoms with van der Waals surface area (Å²) in [5.74, 6) is -0.745. The van der Waals surface area contributed by atoms with Crippen molar-refractivity contribution in [3.63, 3.8) is 0 Å². The second kappa shape index (κ2) is 10.5. The third kappa shape index (κ3) is 10.4. The minimum absolute atomic E-state index is 0.202. The quantitative estimate of drug-likeness (QED) is 0.592. The first kappa shape index (κ1) is 20.7. The van der Waals surface area contributed by atoms with Gasteiger partial charge in [0.2, 0.25) is 0 Å². The average molecular weight is 345 g/mol. The molecule has 24 heavy (non-hydrogen) atoms. The van der Waals surface area contributed by atoms with Crippen molar-refractivity contribution in [2.45, 2.75) is 32.8 Å². The van der Waals surface area contributed by atoms with E-state index in [1.165, 1.54) is 0 Å². The minimum atomic E-state index is -0.745. The van der Waals surface area contributed by atoms with Crippen LogP contribution in [-0.2, 0) is 14.3 Å². The fourth-order valence-electron chi connectivity index (χ4n) is 2.33. The van der Waals surface area contributed by atoms with Gasteiger partial charge in [-0.25, -0.2) is 4.79 Å². The van der Waals surface area contributed by atoms with Crippen LogP contribution in [0.2, 0.25) is 0 Å². The molecule has 0 aromatic rings. The number of nitrogens with zero attached hydrogens (tertiary/aromatic N) is 2. The van der Waals surface area contributed by atoms with E-state index in [1.807, 2.05) is 20.8 Å². The van der Waals surface area contributed by atoms with Gasteiger partial charge in [0.1, 0.15) is 5.60 Å². The van der Waals surface area contributed by atoms with E-state index in [9.17, 15) is 9.59 Å². The number of alkyl carbamates (subject to hydrolysis) is 1. The Morgan fingerprint density at radius 2 is 1.62 bits per heavy atom. The molecule has 1 amide bonds. The van der Waals surface area contributed by atoms with Crippen LogP contribution in [0, 0.1) is 0 Å². The molecule has 0 radical (unpaired) electrons. The van der Waals surface area contributed by atoms with Crippen LogP contribution in [-0.4, -0.2) is 91.6 Å². The minimum Gasteiger partial charge on any atom is -0.481 e. The fourth-order valence-corrected chi connectivity index (χ4v) is 2.33. The molecule has 1 rings (SSSR count). The molecule has 0 saturated carbocycles. The second-order valence-corrected chi connectivity index (χ2v) is 6.87. The lowest BCUT2D eigenvalue weighted by Crippen LogP contribution is -2.47. The van der Waals surface area contributed by atoms with Gasteiger partial charge in [0, 0.05) is 45.8 Å². The standard InChI is InChI=1S/C16H31N3O5/c1-16(2,3)24-15(22)17-5-12-23-13-11-19-9-7-18(8-10-19)6-4-14(20)21/h4-13H2,1-3H3,(H,17,22)(H,20,21). The topological polar surface area (TPSA) is 91.3 Å². The number of carbonyl (C=O) groups excluding carboxylic acids is 1. The van der Waals surface area contributed by atoms with Crippen LogP contribution in [0.3, 0.4) is 0 Å². The number of piperazine rings is 1. The number of ether oxygens (including phenoxy) is 2. The lowest BCUT2D eigenvalue weighted by atomic mass is 10.2. The third-order valence-corrected chi connectivity index (χ3v) is 3.57. The summed E-state index contributed by atoms with van der Waals surface area (Å²) >= 11 is 0.